The first-order valence-electron chi connectivity index (χ1n) is 10.2. The first kappa shape index (κ1) is 18.2. The molecule has 4 heteroatoms. The lowest BCUT2D eigenvalue weighted by Gasteiger charge is -2.19. The Morgan fingerprint density at radius 3 is 1.93 bits per heavy atom. The molecule has 3 aromatic rings. The maximum Gasteiger partial charge on any atom is 0.194 e. The van der Waals surface area contributed by atoms with E-state index in [0.717, 1.165) is 51.8 Å². The minimum absolute atomic E-state index is 0.684. The first-order valence-corrected chi connectivity index (χ1v) is 10.2. The molecule has 4 nitrogen and oxygen atoms in total. The third-order valence-electron chi connectivity index (χ3n) is 5.62. The highest BCUT2D eigenvalue weighted by atomic mass is 16.6. The molecular formula is C25H24O4. The highest BCUT2D eigenvalue weighted by Gasteiger charge is 2.32. The van der Waals surface area contributed by atoms with Crippen molar-refractivity contribution in [2.45, 2.75) is 46.2 Å². The summed E-state index contributed by atoms with van der Waals surface area (Å²) in [6, 6.07) is 14.7. The lowest BCUT2D eigenvalue weighted by atomic mass is 9.85. The molecule has 2 unspecified atom stereocenters. The summed E-state index contributed by atoms with van der Waals surface area (Å²) in [6.45, 7) is 5.43. The number of rotatable bonds is 6. The third kappa shape index (κ3) is 2.75. The molecule has 8 bridgehead atoms. The Kier molecular flexibility index (Phi) is 4.16. The lowest BCUT2D eigenvalue weighted by Crippen LogP contribution is -2.10. The summed E-state index contributed by atoms with van der Waals surface area (Å²) in [5.74, 6) is 1.37. The molecule has 7 rings (SSSR count). The van der Waals surface area contributed by atoms with Crippen LogP contribution in [0.4, 0.5) is 0 Å². The van der Waals surface area contributed by atoms with Crippen LogP contribution in [0.5, 0.6) is 11.5 Å². The van der Waals surface area contributed by atoms with E-state index >= 15 is 0 Å². The fourth-order valence-electron chi connectivity index (χ4n) is 4.66. The van der Waals surface area contributed by atoms with E-state index in [4.69, 9.17) is 9.47 Å². The van der Waals surface area contributed by atoms with Gasteiger partial charge in [-0.15, -0.1) is 0 Å². The molecule has 0 spiro atoms. The van der Waals surface area contributed by atoms with E-state index in [-0.39, 0.29) is 0 Å². The Balaban J connectivity index is 1.88. The second kappa shape index (κ2) is 6.61. The zero-order valence-electron chi connectivity index (χ0n) is 16.8. The van der Waals surface area contributed by atoms with Crippen molar-refractivity contribution in [3.63, 3.8) is 0 Å². The molecule has 29 heavy (non-hydrogen) atoms. The van der Waals surface area contributed by atoms with Gasteiger partial charge in [-0.05, 0) is 78.4 Å². The zero-order valence-corrected chi connectivity index (χ0v) is 16.8. The van der Waals surface area contributed by atoms with Gasteiger partial charge >= 0.3 is 0 Å². The fourth-order valence-corrected chi connectivity index (χ4v) is 4.66. The van der Waals surface area contributed by atoms with Gasteiger partial charge in [0.25, 0.3) is 0 Å². The normalized spacial score (nSPS) is 14.4. The van der Waals surface area contributed by atoms with E-state index in [0.29, 0.717) is 11.5 Å². The van der Waals surface area contributed by atoms with Gasteiger partial charge in [0.1, 0.15) is 11.5 Å². The standard InChI is InChI=1S/C25H24O4/c1-4-5-16-10-20-15-6-8-19(21(11-15)28-13(2)26)25-23(16)17-7-9-18(24(20)25)22(12-17)29-14(3)27/h6-14,26-27H,4-5H2,1-3H3. The molecular weight excluding hydrogens is 364 g/mol. The molecule has 2 N–H and O–H groups in total. The van der Waals surface area contributed by atoms with Gasteiger partial charge in [0.05, 0.1) is 0 Å². The number of aliphatic hydroxyl groups is 2. The lowest BCUT2D eigenvalue weighted by molar-refractivity contribution is -0.000426. The first-order chi connectivity index (χ1) is 14.0. The van der Waals surface area contributed by atoms with Crippen LogP contribution in [0.2, 0.25) is 0 Å². The minimum atomic E-state index is -0.893. The summed E-state index contributed by atoms with van der Waals surface area (Å²) >= 11 is 0. The van der Waals surface area contributed by atoms with Gasteiger partial charge in [-0.1, -0.05) is 25.5 Å². The molecule has 4 aliphatic carbocycles. The van der Waals surface area contributed by atoms with Gasteiger partial charge in [0.15, 0.2) is 12.6 Å². The van der Waals surface area contributed by atoms with Crippen molar-refractivity contribution in [3.05, 3.63) is 48.0 Å². The molecule has 0 saturated carbocycles. The smallest absolute Gasteiger partial charge is 0.194 e. The Bertz CT molecular complexity index is 1120. The van der Waals surface area contributed by atoms with Gasteiger partial charge in [0.2, 0.25) is 0 Å². The molecule has 0 heterocycles. The van der Waals surface area contributed by atoms with Crippen LogP contribution in [-0.2, 0) is 6.42 Å². The van der Waals surface area contributed by atoms with Gasteiger partial charge in [-0.25, -0.2) is 0 Å². The number of aliphatic hydroxyl groups excluding tert-OH is 2. The van der Waals surface area contributed by atoms with Crippen molar-refractivity contribution in [1.29, 1.82) is 0 Å². The van der Waals surface area contributed by atoms with Crippen molar-refractivity contribution in [3.8, 4) is 56.0 Å². The fraction of sp³-hybridized carbons (Fsp3) is 0.280. The van der Waals surface area contributed by atoms with Crippen LogP contribution < -0.4 is 9.47 Å². The molecule has 0 fully saturated rings. The molecule has 2 atom stereocenters. The van der Waals surface area contributed by atoms with Crippen LogP contribution in [0.15, 0.2) is 42.5 Å². The van der Waals surface area contributed by atoms with E-state index < -0.39 is 12.6 Å². The summed E-state index contributed by atoms with van der Waals surface area (Å²) in [5.41, 5.74) is 9.89. The number of benzene rings is 3. The van der Waals surface area contributed by atoms with Crippen molar-refractivity contribution < 1.29 is 19.7 Å². The highest BCUT2D eigenvalue weighted by molar-refractivity contribution is 6.09. The second-order valence-electron chi connectivity index (χ2n) is 7.81. The van der Waals surface area contributed by atoms with Crippen LogP contribution in [-0.4, -0.2) is 22.8 Å². The van der Waals surface area contributed by atoms with E-state index in [1.54, 1.807) is 13.8 Å². The Labute approximate surface area is 170 Å². The summed E-state index contributed by atoms with van der Waals surface area (Å²) < 4.78 is 11.6. The molecule has 0 aromatic heterocycles. The van der Waals surface area contributed by atoms with Gasteiger partial charge in [0, 0.05) is 22.3 Å². The average Bonchev–Trinajstić information content (AvgIpc) is 2.93. The molecule has 0 amide bonds. The number of fused-ring (bicyclic) bond motifs is 4. The van der Waals surface area contributed by atoms with Gasteiger partial charge in [-0.3, -0.25) is 0 Å². The van der Waals surface area contributed by atoms with E-state index in [1.165, 1.54) is 11.1 Å². The van der Waals surface area contributed by atoms with E-state index in [1.807, 2.05) is 12.1 Å². The summed E-state index contributed by atoms with van der Waals surface area (Å²) in [6.07, 6.45) is 0.225. The Morgan fingerprint density at radius 2 is 1.31 bits per heavy atom. The van der Waals surface area contributed by atoms with Gasteiger partial charge in [-0.2, -0.15) is 0 Å². The van der Waals surface area contributed by atoms with Crippen LogP contribution in [0.1, 0.15) is 32.8 Å². The predicted octanol–water partition coefficient (Wildman–Crippen LogP) is 5.37. The second-order valence-corrected chi connectivity index (χ2v) is 7.81. The van der Waals surface area contributed by atoms with Crippen molar-refractivity contribution in [1.82, 2.24) is 0 Å². The Morgan fingerprint density at radius 1 is 0.724 bits per heavy atom. The number of ether oxygens (including phenoxy) is 2. The topological polar surface area (TPSA) is 58.9 Å². The predicted molar refractivity (Wildman–Crippen MR) is 114 cm³/mol. The maximum absolute atomic E-state index is 9.88. The number of hydrogen-bond donors (Lipinski definition) is 2. The van der Waals surface area contributed by atoms with Crippen molar-refractivity contribution >= 4 is 0 Å². The molecule has 3 aromatic carbocycles. The number of aryl methyl sites for hydroxylation is 1. The van der Waals surface area contributed by atoms with E-state index in [9.17, 15) is 10.2 Å². The maximum atomic E-state index is 9.88. The molecule has 0 radical (unpaired) electrons. The summed E-state index contributed by atoms with van der Waals surface area (Å²) in [5, 5.41) is 19.8. The molecule has 0 saturated heterocycles. The van der Waals surface area contributed by atoms with Crippen LogP contribution >= 0.6 is 0 Å². The highest BCUT2D eigenvalue weighted by Crippen LogP contribution is 2.57. The monoisotopic (exact) mass is 388 g/mol. The SMILES string of the molecule is CCCc1cc2c3c(c1-c1ccc-3c(OC(C)O)c1)-c1ccc-2cc1OC(C)O. The van der Waals surface area contributed by atoms with Crippen molar-refractivity contribution in [2.75, 3.05) is 0 Å². The van der Waals surface area contributed by atoms with Crippen LogP contribution in [0.3, 0.4) is 0 Å². The Hall–Kier alpha value is -2.82. The quantitative estimate of drug-likeness (QED) is 0.384. The molecule has 4 aliphatic rings. The van der Waals surface area contributed by atoms with Crippen molar-refractivity contribution in [2.24, 2.45) is 0 Å². The van der Waals surface area contributed by atoms with Gasteiger partial charge < -0.3 is 19.7 Å². The summed E-state index contributed by atoms with van der Waals surface area (Å²) in [7, 11) is 0. The third-order valence-corrected chi connectivity index (χ3v) is 5.62. The molecule has 148 valence electrons. The van der Waals surface area contributed by atoms with Crippen LogP contribution in [0.25, 0.3) is 44.5 Å². The van der Waals surface area contributed by atoms with E-state index in [2.05, 4.69) is 37.3 Å². The van der Waals surface area contributed by atoms with Crippen LogP contribution in [0, 0.1) is 0 Å². The summed E-state index contributed by atoms with van der Waals surface area (Å²) in [4.78, 5) is 0. The average molecular weight is 388 g/mol. The molecule has 0 aliphatic heterocycles. The number of hydrogen-bond acceptors (Lipinski definition) is 4. The zero-order chi connectivity index (χ0) is 20.3. The largest absolute Gasteiger partial charge is 0.465 e. The minimum Gasteiger partial charge on any atom is -0.465 e.